The van der Waals surface area contributed by atoms with E-state index in [1.807, 2.05) is 47.4 Å². The number of ether oxygens (including phenoxy) is 1. The van der Waals surface area contributed by atoms with Gasteiger partial charge in [-0.15, -0.1) is 0 Å². The first-order chi connectivity index (χ1) is 20.0. The van der Waals surface area contributed by atoms with Crippen molar-refractivity contribution >= 4 is 29.1 Å². The zero-order valence-corrected chi connectivity index (χ0v) is 23.3. The Labute approximate surface area is 240 Å². The number of likely N-dealkylation sites (tertiary alicyclic amines) is 1. The number of anilines is 2. The molecule has 2 fully saturated rings. The van der Waals surface area contributed by atoms with E-state index in [1.54, 1.807) is 11.0 Å². The van der Waals surface area contributed by atoms with Crippen molar-refractivity contribution in [2.24, 2.45) is 5.73 Å². The van der Waals surface area contributed by atoms with Crippen LogP contribution < -0.4 is 16.0 Å². The number of rotatable bonds is 10. The summed E-state index contributed by atoms with van der Waals surface area (Å²) in [5.74, 6) is -1.15. The maximum Gasteiger partial charge on any atom is 0.260 e. The summed E-state index contributed by atoms with van der Waals surface area (Å²) < 4.78 is 5.37. The van der Waals surface area contributed by atoms with Gasteiger partial charge >= 0.3 is 0 Å². The molecule has 2 heterocycles. The molecule has 0 radical (unpaired) electrons. The molecule has 5 rings (SSSR count). The van der Waals surface area contributed by atoms with Gasteiger partial charge in [0.05, 0.1) is 31.0 Å². The molecule has 0 saturated carbocycles. The van der Waals surface area contributed by atoms with E-state index in [0.717, 1.165) is 49.3 Å². The normalized spacial score (nSPS) is 15.9. The molecular weight excluding hydrogens is 518 g/mol. The standard InChI is InChI=1S/C32H37N5O4/c33-31(39)26-10-13-28(29(22-26)34-30(38)23-36-18-20-41-21-19-36)32(40)37(17-16-35-14-4-5-15-35)27-11-8-25(9-12-27)24-6-2-1-3-7-24/h1-3,6-13,22H,4-5,14-21,23H2,(H2,33,39)(H,34,38). The molecule has 3 N–H and O–H groups in total. The van der Waals surface area contributed by atoms with Crippen LogP contribution >= 0.6 is 0 Å². The van der Waals surface area contributed by atoms with Crippen LogP contribution in [-0.2, 0) is 9.53 Å². The van der Waals surface area contributed by atoms with E-state index >= 15 is 0 Å². The number of amides is 3. The highest BCUT2D eigenvalue weighted by atomic mass is 16.5. The van der Waals surface area contributed by atoms with Crippen LogP contribution in [0.3, 0.4) is 0 Å². The maximum atomic E-state index is 14.2. The van der Waals surface area contributed by atoms with Crippen molar-refractivity contribution in [2.75, 3.05) is 69.2 Å². The van der Waals surface area contributed by atoms with Crippen LogP contribution in [0.4, 0.5) is 11.4 Å². The zero-order chi connectivity index (χ0) is 28.6. The lowest BCUT2D eigenvalue weighted by Crippen LogP contribution is -2.41. The van der Waals surface area contributed by atoms with Crippen molar-refractivity contribution in [3.8, 4) is 11.1 Å². The molecule has 214 valence electrons. The fourth-order valence-corrected chi connectivity index (χ4v) is 5.34. The molecule has 0 atom stereocenters. The van der Waals surface area contributed by atoms with Gasteiger partial charge in [-0.25, -0.2) is 0 Å². The third-order valence-electron chi connectivity index (χ3n) is 7.65. The second-order valence-electron chi connectivity index (χ2n) is 10.5. The van der Waals surface area contributed by atoms with E-state index < -0.39 is 5.91 Å². The van der Waals surface area contributed by atoms with Gasteiger partial charge in [0.1, 0.15) is 0 Å². The molecule has 0 aromatic heterocycles. The summed E-state index contributed by atoms with van der Waals surface area (Å²) in [5, 5.41) is 2.88. The molecule has 3 amide bonds. The average Bonchev–Trinajstić information content (AvgIpc) is 3.52. The molecule has 41 heavy (non-hydrogen) atoms. The van der Waals surface area contributed by atoms with E-state index in [-0.39, 0.29) is 29.6 Å². The second-order valence-corrected chi connectivity index (χ2v) is 10.5. The van der Waals surface area contributed by atoms with Crippen molar-refractivity contribution in [3.63, 3.8) is 0 Å². The summed E-state index contributed by atoms with van der Waals surface area (Å²) in [6, 6.07) is 22.6. The predicted octanol–water partition coefficient (Wildman–Crippen LogP) is 3.47. The van der Waals surface area contributed by atoms with Crippen LogP contribution in [0.25, 0.3) is 11.1 Å². The highest BCUT2D eigenvalue weighted by molar-refractivity contribution is 6.12. The molecule has 0 bridgehead atoms. The topological polar surface area (TPSA) is 108 Å². The fraction of sp³-hybridized carbons (Fsp3) is 0.344. The SMILES string of the molecule is NC(=O)c1ccc(C(=O)N(CCN2CCCC2)c2ccc(-c3ccccc3)cc2)c(NC(=O)CN2CCOCC2)c1. The molecular formula is C32H37N5O4. The van der Waals surface area contributed by atoms with Gasteiger partial charge in [0.2, 0.25) is 11.8 Å². The average molecular weight is 556 g/mol. The van der Waals surface area contributed by atoms with Crippen molar-refractivity contribution in [3.05, 3.63) is 83.9 Å². The van der Waals surface area contributed by atoms with Gasteiger partial charge in [0.25, 0.3) is 5.91 Å². The largest absolute Gasteiger partial charge is 0.379 e. The van der Waals surface area contributed by atoms with Crippen molar-refractivity contribution in [2.45, 2.75) is 12.8 Å². The summed E-state index contributed by atoms with van der Waals surface area (Å²) in [4.78, 5) is 45.3. The van der Waals surface area contributed by atoms with Crippen molar-refractivity contribution in [1.82, 2.24) is 9.80 Å². The first kappa shape index (κ1) is 28.5. The predicted molar refractivity (Wildman–Crippen MR) is 160 cm³/mol. The second kappa shape index (κ2) is 13.5. The maximum absolute atomic E-state index is 14.2. The number of nitrogens with two attached hydrogens (primary N) is 1. The monoisotopic (exact) mass is 555 g/mol. The molecule has 9 heteroatoms. The van der Waals surface area contributed by atoms with Gasteiger partial charge < -0.3 is 25.6 Å². The number of carbonyl (C=O) groups is 3. The molecule has 0 spiro atoms. The van der Waals surface area contributed by atoms with Crippen LogP contribution in [0.15, 0.2) is 72.8 Å². The lowest BCUT2D eigenvalue weighted by atomic mass is 10.0. The Morgan fingerprint density at radius 2 is 1.51 bits per heavy atom. The van der Waals surface area contributed by atoms with Gasteiger partial charge in [0.15, 0.2) is 0 Å². The highest BCUT2D eigenvalue weighted by Gasteiger charge is 2.25. The highest BCUT2D eigenvalue weighted by Crippen LogP contribution is 2.27. The zero-order valence-electron chi connectivity index (χ0n) is 23.3. The number of primary amides is 1. The molecule has 3 aromatic rings. The van der Waals surface area contributed by atoms with E-state index in [4.69, 9.17) is 10.5 Å². The minimum atomic E-state index is -0.630. The van der Waals surface area contributed by atoms with Gasteiger partial charge in [-0.1, -0.05) is 42.5 Å². The summed E-state index contributed by atoms with van der Waals surface area (Å²) in [7, 11) is 0. The Morgan fingerprint density at radius 3 is 2.20 bits per heavy atom. The number of nitrogens with zero attached hydrogens (tertiary/aromatic N) is 3. The van der Waals surface area contributed by atoms with Gasteiger partial charge in [-0.05, 0) is 67.4 Å². The third-order valence-corrected chi connectivity index (χ3v) is 7.65. The van der Waals surface area contributed by atoms with Crippen LogP contribution in [0, 0.1) is 0 Å². The van der Waals surface area contributed by atoms with E-state index in [2.05, 4.69) is 22.3 Å². The van der Waals surface area contributed by atoms with Crippen LogP contribution in [0.2, 0.25) is 0 Å². The Bertz CT molecular complexity index is 1350. The number of morpholine rings is 1. The summed E-state index contributed by atoms with van der Waals surface area (Å²) in [5.41, 5.74) is 9.26. The lowest BCUT2D eigenvalue weighted by Gasteiger charge is -2.28. The minimum Gasteiger partial charge on any atom is -0.379 e. The number of carbonyl (C=O) groups excluding carboxylic acids is 3. The Hall–Kier alpha value is -4.05. The smallest absolute Gasteiger partial charge is 0.260 e. The van der Waals surface area contributed by atoms with E-state index in [0.29, 0.717) is 38.4 Å². The molecule has 2 aliphatic heterocycles. The van der Waals surface area contributed by atoms with Crippen LogP contribution in [0.1, 0.15) is 33.6 Å². The van der Waals surface area contributed by atoms with Gasteiger partial charge in [-0.3, -0.25) is 19.3 Å². The van der Waals surface area contributed by atoms with E-state index in [1.165, 1.54) is 12.1 Å². The lowest BCUT2D eigenvalue weighted by molar-refractivity contribution is -0.118. The summed E-state index contributed by atoms with van der Waals surface area (Å²) in [6.45, 7) is 5.89. The quantitative estimate of drug-likeness (QED) is 0.397. The minimum absolute atomic E-state index is 0.164. The van der Waals surface area contributed by atoms with Crippen molar-refractivity contribution in [1.29, 1.82) is 0 Å². The number of benzene rings is 3. The molecule has 9 nitrogen and oxygen atoms in total. The van der Waals surface area contributed by atoms with Crippen LogP contribution in [0.5, 0.6) is 0 Å². The molecule has 3 aromatic carbocycles. The summed E-state index contributed by atoms with van der Waals surface area (Å²) >= 11 is 0. The Kier molecular flexibility index (Phi) is 9.40. The first-order valence-electron chi connectivity index (χ1n) is 14.2. The molecule has 2 aliphatic rings. The molecule has 2 saturated heterocycles. The fourth-order valence-electron chi connectivity index (χ4n) is 5.34. The van der Waals surface area contributed by atoms with Gasteiger partial charge in [-0.2, -0.15) is 0 Å². The number of hydrogen-bond donors (Lipinski definition) is 2. The Morgan fingerprint density at radius 1 is 0.829 bits per heavy atom. The van der Waals surface area contributed by atoms with Crippen molar-refractivity contribution < 1.29 is 19.1 Å². The summed E-state index contributed by atoms with van der Waals surface area (Å²) in [6.07, 6.45) is 2.32. The number of hydrogen-bond acceptors (Lipinski definition) is 6. The molecule has 0 unspecified atom stereocenters. The first-order valence-corrected chi connectivity index (χ1v) is 14.2. The third kappa shape index (κ3) is 7.38. The molecule has 0 aliphatic carbocycles. The van der Waals surface area contributed by atoms with E-state index in [9.17, 15) is 14.4 Å². The van der Waals surface area contributed by atoms with Gasteiger partial charge in [0, 0.05) is 37.4 Å². The number of nitrogens with one attached hydrogen (secondary N) is 1. The Balaban J connectivity index is 1.42. The van der Waals surface area contributed by atoms with Crippen LogP contribution in [-0.4, -0.2) is 86.5 Å².